The number of nitriles is 1. The molecule has 0 aliphatic heterocycles. The molecule has 1 fully saturated rings. The minimum atomic E-state index is 0.394. The van der Waals surface area contributed by atoms with Crippen molar-refractivity contribution in [3.63, 3.8) is 0 Å². The molecule has 7 nitrogen and oxygen atoms in total. The Balaban J connectivity index is 1.57. The Morgan fingerprint density at radius 3 is 2.74 bits per heavy atom. The van der Waals surface area contributed by atoms with Gasteiger partial charge >= 0.3 is 0 Å². The summed E-state index contributed by atoms with van der Waals surface area (Å²) in [6.07, 6.45) is 6.52. The fraction of sp³-hybridized carbons (Fsp3) is 0.450. The van der Waals surface area contributed by atoms with Crippen molar-refractivity contribution < 1.29 is 0 Å². The zero-order valence-corrected chi connectivity index (χ0v) is 15.8. The van der Waals surface area contributed by atoms with E-state index in [2.05, 4.69) is 26.8 Å². The van der Waals surface area contributed by atoms with Crippen molar-refractivity contribution in [2.75, 3.05) is 19.3 Å². The van der Waals surface area contributed by atoms with Crippen molar-refractivity contribution in [2.24, 2.45) is 4.99 Å². The van der Waals surface area contributed by atoms with Gasteiger partial charge < -0.3 is 16.4 Å². The number of hydrogen-bond acceptors (Lipinski definition) is 4. The number of guanidine groups is 1. The van der Waals surface area contributed by atoms with Crippen LogP contribution in [0.25, 0.3) is 5.69 Å². The van der Waals surface area contributed by atoms with Crippen molar-refractivity contribution in [3.05, 3.63) is 41.6 Å². The van der Waals surface area contributed by atoms with Crippen LogP contribution >= 0.6 is 0 Å². The Morgan fingerprint density at radius 1 is 1.33 bits per heavy atom. The van der Waals surface area contributed by atoms with Crippen LogP contribution in [0, 0.1) is 11.3 Å². The van der Waals surface area contributed by atoms with E-state index in [0.29, 0.717) is 23.8 Å². The normalized spacial score (nSPS) is 14.9. The van der Waals surface area contributed by atoms with Gasteiger partial charge in [-0.05, 0) is 37.8 Å². The van der Waals surface area contributed by atoms with Crippen LogP contribution in [0.3, 0.4) is 0 Å². The lowest BCUT2D eigenvalue weighted by atomic mass is 10.1. The Morgan fingerprint density at radius 2 is 2.07 bits per heavy atom. The number of nitrogens with two attached hydrogens (primary N) is 1. The van der Waals surface area contributed by atoms with Gasteiger partial charge in [-0.15, -0.1) is 0 Å². The lowest BCUT2D eigenvalue weighted by Gasteiger charge is -2.16. The van der Waals surface area contributed by atoms with Gasteiger partial charge in [0.15, 0.2) is 5.96 Å². The van der Waals surface area contributed by atoms with Gasteiger partial charge in [-0.2, -0.15) is 10.4 Å². The van der Waals surface area contributed by atoms with Gasteiger partial charge in [-0.25, -0.2) is 4.68 Å². The van der Waals surface area contributed by atoms with Gasteiger partial charge in [0.1, 0.15) is 17.5 Å². The first kappa shape index (κ1) is 18.8. The topological polar surface area (TPSA) is 104 Å². The highest BCUT2D eigenvalue weighted by atomic mass is 15.3. The van der Waals surface area contributed by atoms with Gasteiger partial charge in [-0.3, -0.25) is 4.99 Å². The predicted octanol–water partition coefficient (Wildman–Crippen LogP) is 2.37. The molecule has 7 heteroatoms. The Labute approximate surface area is 160 Å². The maximum Gasteiger partial charge on any atom is 0.191 e. The summed E-state index contributed by atoms with van der Waals surface area (Å²) >= 11 is 0. The number of aryl methyl sites for hydroxylation is 1. The Hall–Kier alpha value is -3.01. The van der Waals surface area contributed by atoms with Crippen LogP contribution in [0.1, 0.15) is 43.4 Å². The van der Waals surface area contributed by atoms with Crippen molar-refractivity contribution >= 4 is 11.8 Å². The largest absolute Gasteiger partial charge is 0.382 e. The second kappa shape index (κ2) is 9.08. The quantitative estimate of drug-likeness (QED) is 0.414. The molecule has 4 N–H and O–H groups in total. The summed E-state index contributed by atoms with van der Waals surface area (Å²) in [5, 5.41) is 20.9. The van der Waals surface area contributed by atoms with E-state index in [4.69, 9.17) is 5.73 Å². The van der Waals surface area contributed by atoms with E-state index in [9.17, 15) is 5.26 Å². The molecular weight excluding hydrogens is 338 g/mol. The third-order valence-electron chi connectivity index (χ3n) is 4.91. The fourth-order valence-electron chi connectivity index (χ4n) is 3.46. The lowest BCUT2D eigenvalue weighted by molar-refractivity contribution is 0.609. The second-order valence-electron chi connectivity index (χ2n) is 6.79. The molecule has 3 rings (SSSR count). The van der Waals surface area contributed by atoms with Gasteiger partial charge in [0.05, 0.1) is 11.4 Å². The van der Waals surface area contributed by atoms with Gasteiger partial charge in [-0.1, -0.05) is 31.0 Å². The molecule has 27 heavy (non-hydrogen) atoms. The average Bonchev–Trinajstić information content (AvgIpc) is 3.32. The minimum absolute atomic E-state index is 0.394. The van der Waals surface area contributed by atoms with Crippen molar-refractivity contribution in [3.8, 4) is 11.8 Å². The molecular formula is C20H27N7. The van der Waals surface area contributed by atoms with E-state index in [-0.39, 0.29) is 0 Å². The minimum Gasteiger partial charge on any atom is -0.382 e. The molecule has 1 aromatic carbocycles. The van der Waals surface area contributed by atoms with Crippen LogP contribution in [0.5, 0.6) is 0 Å². The van der Waals surface area contributed by atoms with E-state index >= 15 is 0 Å². The molecule has 1 heterocycles. The highest BCUT2D eigenvalue weighted by Gasteiger charge is 2.17. The van der Waals surface area contributed by atoms with Crippen LogP contribution in [0.2, 0.25) is 0 Å². The molecule has 0 radical (unpaired) electrons. The first-order valence-electron chi connectivity index (χ1n) is 9.53. The first-order chi connectivity index (χ1) is 13.2. The number of hydrogen-bond donors (Lipinski definition) is 3. The molecule has 0 amide bonds. The number of nitrogens with zero attached hydrogens (tertiary/aromatic N) is 4. The van der Waals surface area contributed by atoms with E-state index in [1.807, 2.05) is 30.3 Å². The van der Waals surface area contributed by atoms with Crippen molar-refractivity contribution in [2.45, 2.75) is 44.6 Å². The smallest absolute Gasteiger partial charge is 0.191 e. The molecule has 1 aliphatic rings. The molecule has 1 aliphatic carbocycles. The summed E-state index contributed by atoms with van der Waals surface area (Å²) in [7, 11) is 1.79. The van der Waals surface area contributed by atoms with Crippen LogP contribution in [-0.2, 0) is 6.42 Å². The van der Waals surface area contributed by atoms with Crippen molar-refractivity contribution in [1.29, 1.82) is 5.26 Å². The number of anilines is 1. The van der Waals surface area contributed by atoms with Gasteiger partial charge in [0, 0.05) is 19.6 Å². The maximum absolute atomic E-state index is 9.47. The number of aromatic nitrogens is 2. The second-order valence-corrected chi connectivity index (χ2v) is 6.79. The number of nitrogens with one attached hydrogen (secondary N) is 2. The standard InChI is InChI=1S/C20H27N7/c1-23-20(25-15-8-5-6-9-15)24-13-7-12-18-17(14-21)19(22)27(26-18)16-10-3-2-4-11-16/h2-4,10-11,15H,5-9,12-13,22H2,1H3,(H2,23,24,25). The molecule has 0 unspecified atom stereocenters. The van der Waals surface area contributed by atoms with E-state index in [0.717, 1.165) is 30.3 Å². The molecule has 0 bridgehead atoms. The third kappa shape index (κ3) is 4.59. The van der Waals surface area contributed by atoms with E-state index in [1.54, 1.807) is 11.7 Å². The number of benzene rings is 1. The number of rotatable bonds is 6. The van der Waals surface area contributed by atoms with Crippen LogP contribution in [0.15, 0.2) is 35.3 Å². The maximum atomic E-state index is 9.47. The van der Waals surface area contributed by atoms with Crippen LogP contribution in [0.4, 0.5) is 5.82 Å². The summed E-state index contributed by atoms with van der Waals surface area (Å²) in [5.74, 6) is 1.24. The Kier molecular flexibility index (Phi) is 6.31. The molecule has 1 saturated carbocycles. The first-order valence-corrected chi connectivity index (χ1v) is 9.53. The van der Waals surface area contributed by atoms with E-state index in [1.165, 1.54) is 25.7 Å². The summed E-state index contributed by atoms with van der Waals surface area (Å²) in [6, 6.07) is 12.4. The average molecular weight is 365 g/mol. The summed E-state index contributed by atoms with van der Waals surface area (Å²) in [4.78, 5) is 4.29. The van der Waals surface area contributed by atoms with Gasteiger partial charge in [0.25, 0.3) is 0 Å². The number of para-hydroxylation sites is 1. The van der Waals surface area contributed by atoms with Crippen LogP contribution in [-0.4, -0.2) is 35.4 Å². The van der Waals surface area contributed by atoms with Gasteiger partial charge in [0.2, 0.25) is 0 Å². The number of nitrogen functional groups attached to an aromatic ring is 1. The zero-order chi connectivity index (χ0) is 19.1. The lowest BCUT2D eigenvalue weighted by Crippen LogP contribution is -2.42. The fourth-order valence-corrected chi connectivity index (χ4v) is 3.46. The number of aliphatic imine (C=N–C) groups is 1. The summed E-state index contributed by atoms with van der Waals surface area (Å²) < 4.78 is 1.64. The summed E-state index contributed by atoms with van der Waals surface area (Å²) in [5.41, 5.74) is 8.20. The summed E-state index contributed by atoms with van der Waals surface area (Å²) in [6.45, 7) is 0.759. The third-order valence-corrected chi connectivity index (χ3v) is 4.91. The van der Waals surface area contributed by atoms with E-state index < -0.39 is 0 Å². The molecule has 1 aromatic heterocycles. The highest BCUT2D eigenvalue weighted by Crippen LogP contribution is 2.21. The molecule has 2 aromatic rings. The monoisotopic (exact) mass is 365 g/mol. The molecule has 142 valence electrons. The predicted molar refractivity (Wildman–Crippen MR) is 108 cm³/mol. The van der Waals surface area contributed by atoms with Crippen molar-refractivity contribution in [1.82, 2.24) is 20.4 Å². The van der Waals surface area contributed by atoms with Crippen LogP contribution < -0.4 is 16.4 Å². The Bertz CT molecular complexity index is 811. The molecule has 0 atom stereocenters. The highest BCUT2D eigenvalue weighted by molar-refractivity contribution is 5.79. The SMILES string of the molecule is CN=C(NCCCc1nn(-c2ccccc2)c(N)c1C#N)NC1CCCC1. The molecule has 0 spiro atoms. The zero-order valence-electron chi connectivity index (χ0n) is 15.8. The molecule has 0 saturated heterocycles.